The van der Waals surface area contributed by atoms with Gasteiger partial charge in [0.25, 0.3) is 0 Å². The van der Waals surface area contributed by atoms with Gasteiger partial charge >= 0.3 is 0 Å². The summed E-state index contributed by atoms with van der Waals surface area (Å²) >= 11 is 0. The summed E-state index contributed by atoms with van der Waals surface area (Å²) in [7, 11) is 0. The lowest BCUT2D eigenvalue weighted by molar-refractivity contribution is 0.998. The first-order chi connectivity index (χ1) is 13.4. The van der Waals surface area contributed by atoms with E-state index < -0.39 is 0 Å². The van der Waals surface area contributed by atoms with Crippen LogP contribution in [0.1, 0.15) is 46.6 Å². The lowest BCUT2D eigenvalue weighted by atomic mass is 9.90. The number of rotatable bonds is 3. The summed E-state index contributed by atoms with van der Waals surface area (Å²) in [5.74, 6) is 0.250. The summed E-state index contributed by atoms with van der Waals surface area (Å²) in [5, 5.41) is 0. The van der Waals surface area contributed by atoms with Crippen molar-refractivity contribution in [3.8, 4) is 0 Å². The Morgan fingerprint density at radius 1 is 0.857 bits per heavy atom. The first-order valence-corrected chi connectivity index (χ1v) is 10.0. The standard InChI is InChI=1S/C28H28/c1-18-7-11-24(12-8-18)28-21(4)15-26(22(28)5)17-23-10-13-25(16-23)27-14-19(2)6-9-20(27)3/h6-14,17,28H,4-5,15-16H2,1-3H3. The lowest BCUT2D eigenvalue weighted by Crippen LogP contribution is -1.97. The molecule has 1 saturated carbocycles. The van der Waals surface area contributed by atoms with Crippen LogP contribution in [0.3, 0.4) is 0 Å². The Hall–Kier alpha value is -2.86. The molecule has 0 nitrogen and oxygen atoms in total. The van der Waals surface area contributed by atoms with Crippen LogP contribution in [0.4, 0.5) is 0 Å². The number of aryl methyl sites for hydroxylation is 3. The van der Waals surface area contributed by atoms with Crippen LogP contribution in [0.15, 0.2) is 96.1 Å². The molecule has 4 rings (SSSR count). The van der Waals surface area contributed by atoms with Crippen molar-refractivity contribution in [1.29, 1.82) is 0 Å². The molecule has 0 radical (unpaired) electrons. The van der Waals surface area contributed by atoms with Gasteiger partial charge in [-0.2, -0.15) is 0 Å². The molecule has 2 aromatic rings. The number of allylic oxidation sites excluding steroid dienone is 8. The molecule has 0 saturated heterocycles. The third-order valence-electron chi connectivity index (χ3n) is 5.99. The Kier molecular flexibility index (Phi) is 4.81. The van der Waals surface area contributed by atoms with Crippen molar-refractivity contribution in [3.05, 3.63) is 124 Å². The van der Waals surface area contributed by atoms with Gasteiger partial charge in [0.05, 0.1) is 0 Å². The molecule has 0 heterocycles. The highest BCUT2D eigenvalue weighted by molar-refractivity contribution is 5.76. The van der Waals surface area contributed by atoms with Crippen molar-refractivity contribution in [1.82, 2.24) is 0 Å². The summed E-state index contributed by atoms with van der Waals surface area (Å²) in [5.41, 5.74) is 13.2. The van der Waals surface area contributed by atoms with Gasteiger partial charge in [0.15, 0.2) is 0 Å². The molecule has 1 atom stereocenters. The number of hydrogen-bond donors (Lipinski definition) is 0. The second-order valence-electron chi connectivity index (χ2n) is 8.30. The highest BCUT2D eigenvalue weighted by atomic mass is 14.3. The summed E-state index contributed by atoms with van der Waals surface area (Å²) in [6.07, 6.45) is 8.80. The normalized spacial score (nSPS) is 20.7. The van der Waals surface area contributed by atoms with E-state index in [1.807, 2.05) is 0 Å². The van der Waals surface area contributed by atoms with Crippen LogP contribution in [0.2, 0.25) is 0 Å². The minimum absolute atomic E-state index is 0.250. The largest absolute Gasteiger partial charge is 0.0986 e. The highest BCUT2D eigenvalue weighted by Gasteiger charge is 2.29. The second kappa shape index (κ2) is 7.28. The fraction of sp³-hybridized carbons (Fsp3) is 0.214. The van der Waals surface area contributed by atoms with Gasteiger partial charge in [-0.25, -0.2) is 0 Å². The molecule has 0 heteroatoms. The van der Waals surface area contributed by atoms with Crippen molar-refractivity contribution < 1.29 is 0 Å². The third kappa shape index (κ3) is 3.47. The van der Waals surface area contributed by atoms with Gasteiger partial charge in [-0.3, -0.25) is 0 Å². The van der Waals surface area contributed by atoms with E-state index in [0.29, 0.717) is 0 Å². The Morgan fingerprint density at radius 2 is 1.57 bits per heavy atom. The van der Waals surface area contributed by atoms with E-state index in [2.05, 4.69) is 94.6 Å². The maximum atomic E-state index is 4.44. The molecule has 2 aromatic carbocycles. The number of benzene rings is 2. The number of hydrogen-bond acceptors (Lipinski definition) is 0. The van der Waals surface area contributed by atoms with Crippen LogP contribution in [0, 0.1) is 20.8 Å². The molecule has 1 unspecified atom stereocenters. The predicted molar refractivity (Wildman–Crippen MR) is 121 cm³/mol. The van der Waals surface area contributed by atoms with Crippen molar-refractivity contribution in [2.45, 2.75) is 39.5 Å². The molecule has 0 bridgehead atoms. The molecule has 2 aliphatic carbocycles. The Morgan fingerprint density at radius 3 is 2.32 bits per heavy atom. The van der Waals surface area contributed by atoms with Crippen LogP contribution in [0.25, 0.3) is 5.57 Å². The van der Waals surface area contributed by atoms with Crippen LogP contribution < -0.4 is 0 Å². The van der Waals surface area contributed by atoms with Crippen LogP contribution in [-0.4, -0.2) is 0 Å². The SMILES string of the molecule is C=C1CC(=CC2=CC=C(c3cc(C)ccc3C)C2)C(=C)C1c1ccc(C)cc1. The van der Waals surface area contributed by atoms with E-state index in [-0.39, 0.29) is 5.92 Å². The second-order valence-corrected chi connectivity index (χ2v) is 8.30. The van der Waals surface area contributed by atoms with Gasteiger partial charge in [0.1, 0.15) is 0 Å². The Bertz CT molecular complexity index is 1050. The summed E-state index contributed by atoms with van der Waals surface area (Å²) in [4.78, 5) is 0. The van der Waals surface area contributed by atoms with Gasteiger partial charge in [-0.15, -0.1) is 0 Å². The molecule has 28 heavy (non-hydrogen) atoms. The zero-order valence-corrected chi connectivity index (χ0v) is 17.2. The zero-order chi connectivity index (χ0) is 19.8. The molecule has 140 valence electrons. The summed E-state index contributed by atoms with van der Waals surface area (Å²) < 4.78 is 0. The maximum absolute atomic E-state index is 4.44. The summed E-state index contributed by atoms with van der Waals surface area (Å²) in [6.45, 7) is 15.3. The quantitative estimate of drug-likeness (QED) is 0.493. The van der Waals surface area contributed by atoms with E-state index in [1.54, 1.807) is 0 Å². The molecule has 0 aliphatic heterocycles. The van der Waals surface area contributed by atoms with Crippen LogP contribution in [-0.2, 0) is 0 Å². The fourth-order valence-corrected chi connectivity index (χ4v) is 4.37. The van der Waals surface area contributed by atoms with Gasteiger partial charge in [0, 0.05) is 5.92 Å². The van der Waals surface area contributed by atoms with Crippen molar-refractivity contribution in [3.63, 3.8) is 0 Å². The van der Waals surface area contributed by atoms with Gasteiger partial charge in [-0.1, -0.05) is 90.6 Å². The van der Waals surface area contributed by atoms with E-state index in [0.717, 1.165) is 12.8 Å². The zero-order valence-electron chi connectivity index (χ0n) is 17.2. The van der Waals surface area contributed by atoms with Crippen molar-refractivity contribution in [2.24, 2.45) is 0 Å². The fourth-order valence-electron chi connectivity index (χ4n) is 4.37. The Labute approximate surface area is 169 Å². The smallest absolute Gasteiger partial charge is 0.0296 e. The first-order valence-electron chi connectivity index (χ1n) is 10.0. The maximum Gasteiger partial charge on any atom is 0.0296 e. The molecular weight excluding hydrogens is 336 g/mol. The molecular formula is C28H28. The molecule has 2 aliphatic rings. The van der Waals surface area contributed by atoms with Gasteiger partial charge in [0.2, 0.25) is 0 Å². The predicted octanol–water partition coefficient (Wildman–Crippen LogP) is 7.55. The minimum atomic E-state index is 0.250. The van der Waals surface area contributed by atoms with E-state index in [1.165, 1.54) is 55.7 Å². The molecule has 0 N–H and O–H groups in total. The van der Waals surface area contributed by atoms with Gasteiger partial charge < -0.3 is 0 Å². The van der Waals surface area contributed by atoms with Crippen LogP contribution >= 0.6 is 0 Å². The van der Waals surface area contributed by atoms with E-state index in [4.69, 9.17) is 0 Å². The van der Waals surface area contributed by atoms with Crippen molar-refractivity contribution in [2.75, 3.05) is 0 Å². The molecule has 1 fully saturated rings. The van der Waals surface area contributed by atoms with E-state index >= 15 is 0 Å². The first kappa shape index (κ1) is 18.5. The average Bonchev–Trinajstić information content (AvgIpc) is 3.23. The minimum Gasteiger partial charge on any atom is -0.0986 e. The summed E-state index contributed by atoms with van der Waals surface area (Å²) in [6, 6.07) is 15.5. The third-order valence-corrected chi connectivity index (χ3v) is 5.99. The molecule has 0 spiro atoms. The van der Waals surface area contributed by atoms with Crippen molar-refractivity contribution >= 4 is 5.57 Å². The van der Waals surface area contributed by atoms with Gasteiger partial charge in [-0.05, 0) is 72.6 Å². The Balaban J connectivity index is 1.53. The molecule has 0 aromatic heterocycles. The topological polar surface area (TPSA) is 0 Å². The molecule has 0 amide bonds. The highest BCUT2D eigenvalue weighted by Crippen LogP contribution is 2.46. The lowest BCUT2D eigenvalue weighted by Gasteiger charge is -2.13. The monoisotopic (exact) mass is 364 g/mol. The average molecular weight is 365 g/mol. The van der Waals surface area contributed by atoms with E-state index in [9.17, 15) is 0 Å². The van der Waals surface area contributed by atoms with Crippen LogP contribution in [0.5, 0.6) is 0 Å².